The van der Waals surface area contributed by atoms with Crippen molar-refractivity contribution in [1.29, 1.82) is 0 Å². The summed E-state index contributed by atoms with van der Waals surface area (Å²) in [5.74, 6) is 1.35. The predicted molar refractivity (Wildman–Crippen MR) is 107 cm³/mol. The van der Waals surface area contributed by atoms with Crippen molar-refractivity contribution in [3.63, 3.8) is 0 Å². The van der Waals surface area contributed by atoms with Crippen LogP contribution >= 0.6 is 0 Å². The van der Waals surface area contributed by atoms with Crippen molar-refractivity contribution in [1.82, 2.24) is 29.6 Å². The second-order valence-corrected chi connectivity index (χ2v) is 7.51. The maximum Gasteiger partial charge on any atom is 0.263 e. The van der Waals surface area contributed by atoms with E-state index in [1.807, 2.05) is 6.07 Å². The average molecular weight is 391 g/mol. The van der Waals surface area contributed by atoms with Gasteiger partial charge in [-0.05, 0) is 37.1 Å². The van der Waals surface area contributed by atoms with Gasteiger partial charge in [-0.2, -0.15) is 5.10 Å². The van der Waals surface area contributed by atoms with E-state index in [1.54, 1.807) is 23.2 Å². The van der Waals surface area contributed by atoms with Gasteiger partial charge >= 0.3 is 0 Å². The number of pyridine rings is 1. The Labute approximate surface area is 167 Å². The Morgan fingerprint density at radius 3 is 2.59 bits per heavy atom. The molecule has 9 nitrogen and oxygen atoms in total. The highest BCUT2D eigenvalue weighted by Crippen LogP contribution is 2.38. The summed E-state index contributed by atoms with van der Waals surface area (Å²) in [6.07, 6.45) is 5.40. The number of carbonyl (C=O) groups excluding carboxylic acids is 1. The number of hydrogen-bond donors (Lipinski definition) is 0. The molecule has 29 heavy (non-hydrogen) atoms. The van der Waals surface area contributed by atoms with Gasteiger partial charge in [0.2, 0.25) is 5.91 Å². The number of rotatable bonds is 4. The number of piperazine rings is 1. The van der Waals surface area contributed by atoms with Crippen LogP contribution in [0.4, 0.5) is 5.82 Å². The number of hydrogen-bond acceptors (Lipinski definition) is 7. The number of anilines is 1. The molecule has 1 aliphatic carbocycles. The van der Waals surface area contributed by atoms with Gasteiger partial charge in [0.05, 0.1) is 11.1 Å². The molecule has 0 aromatic carbocycles. The predicted octanol–water partition coefficient (Wildman–Crippen LogP) is 0.808. The Bertz CT molecular complexity index is 1100. The summed E-state index contributed by atoms with van der Waals surface area (Å²) in [4.78, 5) is 37.4. The minimum Gasteiger partial charge on any atom is -0.352 e. The summed E-state index contributed by atoms with van der Waals surface area (Å²) in [7, 11) is 0. The fourth-order valence-corrected chi connectivity index (χ4v) is 3.64. The van der Waals surface area contributed by atoms with Crippen LogP contribution in [0.5, 0.6) is 0 Å². The summed E-state index contributed by atoms with van der Waals surface area (Å²) < 4.78 is 1.35. The molecule has 1 saturated carbocycles. The number of amides is 1. The van der Waals surface area contributed by atoms with E-state index in [-0.39, 0.29) is 18.0 Å². The first-order chi connectivity index (χ1) is 14.2. The van der Waals surface area contributed by atoms with E-state index < -0.39 is 0 Å². The molecule has 0 spiro atoms. The lowest BCUT2D eigenvalue weighted by Gasteiger charge is -2.35. The van der Waals surface area contributed by atoms with E-state index >= 15 is 0 Å². The fourth-order valence-electron chi connectivity index (χ4n) is 3.64. The lowest BCUT2D eigenvalue weighted by molar-refractivity contribution is -0.132. The maximum atomic E-state index is 12.7. The first-order valence-electron chi connectivity index (χ1n) is 9.85. The lowest BCUT2D eigenvalue weighted by atomic mass is 10.2. The summed E-state index contributed by atoms with van der Waals surface area (Å²) in [6.45, 7) is 2.53. The highest BCUT2D eigenvalue weighted by atomic mass is 16.2. The van der Waals surface area contributed by atoms with E-state index in [2.05, 4.69) is 31.1 Å². The molecule has 0 atom stereocenters. The molecule has 5 rings (SSSR count). The molecular formula is C20H21N7O2. The van der Waals surface area contributed by atoms with Gasteiger partial charge in [0.1, 0.15) is 12.9 Å². The smallest absolute Gasteiger partial charge is 0.263 e. The highest BCUT2D eigenvalue weighted by molar-refractivity contribution is 5.77. The largest absolute Gasteiger partial charge is 0.352 e. The monoisotopic (exact) mass is 391 g/mol. The molecule has 0 unspecified atom stereocenters. The van der Waals surface area contributed by atoms with Crippen molar-refractivity contribution in [2.75, 3.05) is 31.1 Å². The van der Waals surface area contributed by atoms with E-state index in [1.165, 1.54) is 23.7 Å². The molecule has 2 fully saturated rings. The van der Waals surface area contributed by atoms with E-state index in [0.717, 1.165) is 11.5 Å². The van der Waals surface area contributed by atoms with Crippen LogP contribution in [0.1, 0.15) is 24.5 Å². The summed E-state index contributed by atoms with van der Waals surface area (Å²) in [5.41, 5.74) is 1.22. The normalized spacial score (nSPS) is 17.0. The summed E-state index contributed by atoms with van der Waals surface area (Å²) in [5, 5.41) is 9.11. The van der Waals surface area contributed by atoms with E-state index in [0.29, 0.717) is 43.1 Å². The van der Waals surface area contributed by atoms with Crippen LogP contribution < -0.4 is 10.5 Å². The van der Waals surface area contributed by atoms with Crippen molar-refractivity contribution < 1.29 is 4.79 Å². The van der Waals surface area contributed by atoms with Crippen molar-refractivity contribution in [2.24, 2.45) is 0 Å². The van der Waals surface area contributed by atoms with Gasteiger partial charge in [0, 0.05) is 38.3 Å². The molecule has 3 aromatic rings. The summed E-state index contributed by atoms with van der Waals surface area (Å²) in [6, 6.07) is 7.45. The van der Waals surface area contributed by atoms with Gasteiger partial charge < -0.3 is 9.80 Å². The van der Waals surface area contributed by atoms with Gasteiger partial charge in [-0.3, -0.25) is 14.2 Å². The Morgan fingerprint density at radius 1 is 1.03 bits per heavy atom. The van der Waals surface area contributed by atoms with Crippen LogP contribution in [0.15, 0.2) is 41.6 Å². The molecule has 4 heterocycles. The van der Waals surface area contributed by atoms with Crippen molar-refractivity contribution >= 4 is 22.8 Å². The summed E-state index contributed by atoms with van der Waals surface area (Å²) >= 11 is 0. The first-order valence-corrected chi connectivity index (χ1v) is 9.85. The molecule has 0 N–H and O–H groups in total. The topological polar surface area (TPSA) is 97.1 Å². The average Bonchev–Trinajstić information content (AvgIpc) is 3.62. The second kappa shape index (κ2) is 7.23. The second-order valence-electron chi connectivity index (χ2n) is 7.51. The van der Waals surface area contributed by atoms with E-state index in [9.17, 15) is 9.59 Å². The minimum atomic E-state index is -0.249. The van der Waals surface area contributed by atoms with Crippen LogP contribution in [-0.4, -0.2) is 61.7 Å². The van der Waals surface area contributed by atoms with Crippen molar-refractivity contribution in [3.8, 4) is 0 Å². The molecule has 9 heteroatoms. The molecule has 1 saturated heterocycles. The minimum absolute atomic E-state index is 0.0213. The number of nitrogens with zero attached hydrogens (tertiary/aromatic N) is 7. The first kappa shape index (κ1) is 17.7. The van der Waals surface area contributed by atoms with Crippen LogP contribution in [-0.2, 0) is 11.3 Å². The van der Waals surface area contributed by atoms with Gasteiger partial charge in [0.25, 0.3) is 5.56 Å². The van der Waals surface area contributed by atoms with Crippen molar-refractivity contribution in [2.45, 2.75) is 25.3 Å². The zero-order valence-electron chi connectivity index (χ0n) is 15.9. The Kier molecular flexibility index (Phi) is 4.42. The Balaban J connectivity index is 1.22. The Hall–Kier alpha value is -3.36. The van der Waals surface area contributed by atoms with Crippen LogP contribution in [0, 0.1) is 0 Å². The fraction of sp³-hybridized carbons (Fsp3) is 0.400. The quantitative estimate of drug-likeness (QED) is 0.649. The molecule has 148 valence electrons. The van der Waals surface area contributed by atoms with Crippen molar-refractivity contribution in [3.05, 3.63) is 52.8 Å². The molecule has 3 aromatic heterocycles. The van der Waals surface area contributed by atoms with Gasteiger partial charge in [-0.1, -0.05) is 0 Å². The zero-order chi connectivity index (χ0) is 19.8. The third-order valence-electron chi connectivity index (χ3n) is 5.53. The highest BCUT2D eigenvalue weighted by Gasteiger charge is 2.26. The molecular weight excluding hydrogens is 370 g/mol. The van der Waals surface area contributed by atoms with Gasteiger partial charge in [-0.25, -0.2) is 9.97 Å². The molecule has 1 aliphatic heterocycles. The molecule has 0 radical (unpaired) electrons. The molecule has 0 bridgehead atoms. The van der Waals surface area contributed by atoms with Gasteiger partial charge in [0.15, 0.2) is 11.5 Å². The van der Waals surface area contributed by atoms with Crippen LogP contribution in [0.3, 0.4) is 0 Å². The maximum absolute atomic E-state index is 12.7. The number of aromatic nitrogens is 5. The number of carbonyl (C=O) groups is 1. The van der Waals surface area contributed by atoms with E-state index in [4.69, 9.17) is 0 Å². The molecule has 1 amide bonds. The van der Waals surface area contributed by atoms with Crippen LogP contribution in [0.2, 0.25) is 0 Å². The molecule has 2 aliphatic rings. The third kappa shape index (κ3) is 3.55. The zero-order valence-corrected chi connectivity index (χ0v) is 15.9. The third-order valence-corrected chi connectivity index (χ3v) is 5.53. The standard InChI is InChI=1S/C20H21N7O2/c28-18(12-27-13-22-19-15(20(27)29)2-1-7-21-19)26-10-8-25(9-11-26)17-6-5-16(23-24-17)14-3-4-14/h1-2,5-7,13-14H,3-4,8-12H2. The Morgan fingerprint density at radius 2 is 1.86 bits per heavy atom. The van der Waals surface area contributed by atoms with Crippen LogP contribution in [0.25, 0.3) is 11.0 Å². The van der Waals surface area contributed by atoms with Gasteiger partial charge in [-0.15, -0.1) is 5.10 Å². The number of fused-ring (bicyclic) bond motifs is 1. The lowest BCUT2D eigenvalue weighted by Crippen LogP contribution is -2.50. The SMILES string of the molecule is O=C(Cn1cnc2ncccc2c1=O)N1CCN(c2ccc(C3CC3)nn2)CC1.